The lowest BCUT2D eigenvalue weighted by atomic mass is 10.2. The van der Waals surface area contributed by atoms with Crippen LogP contribution >= 0.6 is 22.9 Å². The first-order valence-corrected chi connectivity index (χ1v) is 10.3. The van der Waals surface area contributed by atoms with Crippen LogP contribution in [0.5, 0.6) is 0 Å². The molecule has 0 unspecified atom stereocenters. The first kappa shape index (κ1) is 19.4. The summed E-state index contributed by atoms with van der Waals surface area (Å²) in [6.07, 6.45) is 1.02. The Kier molecular flexibility index (Phi) is 6.21. The van der Waals surface area contributed by atoms with Gasteiger partial charge in [0, 0.05) is 19.8 Å². The molecule has 1 heterocycles. The van der Waals surface area contributed by atoms with E-state index in [0.717, 1.165) is 17.9 Å². The van der Waals surface area contributed by atoms with Crippen molar-refractivity contribution in [2.45, 2.75) is 11.4 Å². The molecular weight excluding hydrogens is 386 g/mol. The van der Waals surface area contributed by atoms with Gasteiger partial charge in [0.2, 0.25) is 0 Å². The lowest BCUT2D eigenvalue weighted by Gasteiger charge is -2.16. The number of thiophene rings is 1. The summed E-state index contributed by atoms with van der Waals surface area (Å²) in [5, 5.41) is 3.88. The van der Waals surface area contributed by atoms with Crippen LogP contribution in [0.1, 0.15) is 15.9 Å². The number of halogens is 1. The van der Waals surface area contributed by atoms with Gasteiger partial charge in [-0.2, -0.15) is 11.3 Å². The summed E-state index contributed by atoms with van der Waals surface area (Å²) >= 11 is 7.45. The van der Waals surface area contributed by atoms with E-state index in [-0.39, 0.29) is 21.4 Å². The molecule has 0 saturated heterocycles. The average Bonchev–Trinajstić information content (AvgIpc) is 3.04. The molecule has 1 aromatic carbocycles. The number of carbonyl (C=O) groups is 2. The van der Waals surface area contributed by atoms with Crippen LogP contribution in [0.3, 0.4) is 0 Å². The van der Waals surface area contributed by atoms with Crippen molar-refractivity contribution in [2.75, 3.05) is 19.9 Å². The largest absolute Gasteiger partial charge is 0.452 e. The van der Waals surface area contributed by atoms with E-state index < -0.39 is 22.4 Å². The standard InChI is InChI=1S/C16H16ClNO5S2/c1-18(8-11-5-6-24-10-11)15(19)9-23-16(20)13-7-12(25(2,21)22)3-4-14(13)17/h3-7,10H,8-9H2,1-2H3. The minimum atomic E-state index is -3.49. The van der Waals surface area contributed by atoms with E-state index in [4.69, 9.17) is 16.3 Å². The van der Waals surface area contributed by atoms with Gasteiger partial charge >= 0.3 is 5.97 Å². The quantitative estimate of drug-likeness (QED) is 0.695. The highest BCUT2D eigenvalue weighted by molar-refractivity contribution is 7.90. The maximum absolute atomic E-state index is 12.1. The topological polar surface area (TPSA) is 80.8 Å². The molecule has 0 bridgehead atoms. The summed E-state index contributed by atoms with van der Waals surface area (Å²) in [6.45, 7) is -0.0525. The number of hydrogen-bond acceptors (Lipinski definition) is 6. The second-order valence-corrected chi connectivity index (χ2v) is 8.57. The SMILES string of the molecule is CN(Cc1ccsc1)C(=O)COC(=O)c1cc(S(C)(=O)=O)ccc1Cl. The zero-order chi connectivity index (χ0) is 18.6. The van der Waals surface area contributed by atoms with E-state index in [1.807, 2.05) is 16.8 Å². The zero-order valence-corrected chi connectivity index (χ0v) is 16.0. The third-order valence-electron chi connectivity index (χ3n) is 3.34. The molecule has 0 N–H and O–H groups in total. The highest BCUT2D eigenvalue weighted by Gasteiger charge is 2.19. The van der Waals surface area contributed by atoms with Crippen LogP contribution in [0.4, 0.5) is 0 Å². The van der Waals surface area contributed by atoms with Crippen molar-refractivity contribution in [1.82, 2.24) is 4.90 Å². The third-order valence-corrected chi connectivity index (χ3v) is 5.51. The highest BCUT2D eigenvalue weighted by Crippen LogP contribution is 2.21. The Balaban J connectivity index is 2.01. The minimum absolute atomic E-state index is 0.0512. The summed E-state index contributed by atoms with van der Waals surface area (Å²) < 4.78 is 28.1. The first-order valence-electron chi connectivity index (χ1n) is 7.10. The number of esters is 1. The van der Waals surface area contributed by atoms with Crippen molar-refractivity contribution in [1.29, 1.82) is 0 Å². The van der Waals surface area contributed by atoms with Crippen molar-refractivity contribution < 1.29 is 22.7 Å². The fourth-order valence-corrected chi connectivity index (χ4v) is 3.45. The smallest absolute Gasteiger partial charge is 0.340 e. The molecule has 2 rings (SSSR count). The molecule has 1 amide bonds. The number of carbonyl (C=O) groups excluding carboxylic acids is 2. The molecule has 0 spiro atoms. The van der Waals surface area contributed by atoms with Gasteiger partial charge in [0.15, 0.2) is 16.4 Å². The minimum Gasteiger partial charge on any atom is -0.452 e. The van der Waals surface area contributed by atoms with Crippen LogP contribution in [0.2, 0.25) is 5.02 Å². The van der Waals surface area contributed by atoms with Crippen molar-refractivity contribution in [3.8, 4) is 0 Å². The summed E-state index contributed by atoms with van der Waals surface area (Å²) in [4.78, 5) is 25.5. The lowest BCUT2D eigenvalue weighted by Crippen LogP contribution is -2.30. The molecule has 0 radical (unpaired) electrons. The first-order chi connectivity index (χ1) is 11.7. The fraction of sp³-hybridized carbons (Fsp3) is 0.250. The Labute approximate surface area is 154 Å². The lowest BCUT2D eigenvalue weighted by molar-refractivity contribution is -0.133. The number of sulfone groups is 1. The molecule has 2 aromatic rings. The molecule has 0 atom stereocenters. The Morgan fingerprint density at radius 3 is 2.60 bits per heavy atom. The molecule has 0 aliphatic carbocycles. The second kappa shape index (κ2) is 7.99. The van der Waals surface area contributed by atoms with Crippen LogP contribution in [0.25, 0.3) is 0 Å². The number of benzene rings is 1. The van der Waals surface area contributed by atoms with Crippen LogP contribution < -0.4 is 0 Å². The number of nitrogens with zero attached hydrogens (tertiary/aromatic N) is 1. The molecular formula is C16H16ClNO5S2. The van der Waals surface area contributed by atoms with Gasteiger partial charge in [-0.05, 0) is 40.6 Å². The number of rotatable bonds is 6. The summed E-state index contributed by atoms with van der Waals surface area (Å²) in [5.74, 6) is -1.23. The monoisotopic (exact) mass is 401 g/mol. The zero-order valence-electron chi connectivity index (χ0n) is 13.6. The molecule has 0 aliphatic rings. The molecule has 0 saturated carbocycles. The fourth-order valence-electron chi connectivity index (χ4n) is 1.95. The van der Waals surface area contributed by atoms with E-state index in [1.165, 1.54) is 28.4 Å². The maximum Gasteiger partial charge on any atom is 0.340 e. The predicted octanol–water partition coefficient (Wildman–Crippen LogP) is 2.62. The Bertz CT molecular complexity index is 878. The molecule has 0 fully saturated rings. The second-order valence-electron chi connectivity index (χ2n) is 5.37. The highest BCUT2D eigenvalue weighted by atomic mass is 35.5. The molecule has 0 aliphatic heterocycles. The predicted molar refractivity (Wildman–Crippen MR) is 95.6 cm³/mol. The van der Waals surface area contributed by atoms with Gasteiger partial charge in [0.1, 0.15) is 0 Å². The van der Waals surface area contributed by atoms with Crippen molar-refractivity contribution in [3.05, 3.63) is 51.2 Å². The van der Waals surface area contributed by atoms with Crippen molar-refractivity contribution >= 4 is 44.7 Å². The van der Waals surface area contributed by atoms with Crippen molar-refractivity contribution in [2.24, 2.45) is 0 Å². The summed E-state index contributed by atoms with van der Waals surface area (Å²) in [6, 6.07) is 5.64. The van der Waals surface area contributed by atoms with E-state index in [9.17, 15) is 18.0 Å². The van der Waals surface area contributed by atoms with Gasteiger partial charge in [-0.3, -0.25) is 4.79 Å². The van der Waals surface area contributed by atoms with Crippen LogP contribution in [-0.2, 0) is 25.9 Å². The van der Waals surface area contributed by atoms with Gasteiger partial charge < -0.3 is 9.64 Å². The Morgan fingerprint density at radius 1 is 1.28 bits per heavy atom. The summed E-state index contributed by atoms with van der Waals surface area (Å²) in [5.41, 5.74) is 0.883. The molecule has 6 nitrogen and oxygen atoms in total. The molecule has 134 valence electrons. The van der Waals surface area contributed by atoms with E-state index >= 15 is 0 Å². The van der Waals surface area contributed by atoms with E-state index in [0.29, 0.717) is 6.54 Å². The van der Waals surface area contributed by atoms with Gasteiger partial charge in [-0.15, -0.1) is 0 Å². The van der Waals surface area contributed by atoms with Gasteiger partial charge in [0.05, 0.1) is 15.5 Å². The normalized spacial score (nSPS) is 11.2. The van der Waals surface area contributed by atoms with Crippen molar-refractivity contribution in [3.63, 3.8) is 0 Å². The number of likely N-dealkylation sites (N-methyl/N-ethyl adjacent to an activating group) is 1. The Morgan fingerprint density at radius 2 is 2.00 bits per heavy atom. The average molecular weight is 402 g/mol. The number of hydrogen-bond donors (Lipinski definition) is 0. The van der Waals surface area contributed by atoms with Crippen LogP contribution in [0, 0.1) is 0 Å². The van der Waals surface area contributed by atoms with E-state index in [2.05, 4.69) is 0 Å². The van der Waals surface area contributed by atoms with Crippen LogP contribution in [0.15, 0.2) is 39.9 Å². The summed E-state index contributed by atoms with van der Waals surface area (Å²) in [7, 11) is -1.89. The van der Waals surface area contributed by atoms with Crippen LogP contribution in [-0.4, -0.2) is 45.1 Å². The number of ether oxygens (including phenoxy) is 1. The maximum atomic E-state index is 12.1. The Hall–Kier alpha value is -1.90. The molecule has 25 heavy (non-hydrogen) atoms. The van der Waals surface area contributed by atoms with Gasteiger partial charge in [-0.25, -0.2) is 13.2 Å². The van der Waals surface area contributed by atoms with Gasteiger partial charge in [-0.1, -0.05) is 11.6 Å². The van der Waals surface area contributed by atoms with Gasteiger partial charge in [0.25, 0.3) is 5.91 Å². The number of amides is 1. The molecule has 1 aromatic heterocycles. The molecule has 9 heteroatoms. The van der Waals surface area contributed by atoms with E-state index in [1.54, 1.807) is 7.05 Å². The third kappa shape index (κ3) is 5.29.